The fourth-order valence-electron chi connectivity index (χ4n) is 4.06. The van der Waals surface area contributed by atoms with Gasteiger partial charge in [-0.3, -0.25) is 9.10 Å². The van der Waals surface area contributed by atoms with Crippen molar-refractivity contribution in [2.45, 2.75) is 18.0 Å². The molecule has 2 atom stereocenters. The van der Waals surface area contributed by atoms with Crippen molar-refractivity contribution in [1.29, 1.82) is 0 Å². The highest BCUT2D eigenvalue weighted by molar-refractivity contribution is 7.89. The Morgan fingerprint density at radius 3 is 2.00 bits per heavy atom. The molecule has 4 nitrogen and oxygen atoms in total. The van der Waals surface area contributed by atoms with Gasteiger partial charge in [-0.1, -0.05) is 78.4 Å². The Bertz CT molecular complexity index is 1300. The van der Waals surface area contributed by atoms with E-state index in [0.29, 0.717) is 5.56 Å². The molecule has 1 aliphatic rings. The second kappa shape index (κ2) is 9.10. The first-order valence-corrected chi connectivity index (χ1v) is 12.1. The number of carbonyl (C=O) groups is 1. The highest BCUT2D eigenvalue weighted by Gasteiger charge is 2.51. The number of hydrogen-bond acceptors (Lipinski definition) is 3. The molecule has 176 valence electrons. The summed E-state index contributed by atoms with van der Waals surface area (Å²) in [5, 5.41) is 0. The van der Waals surface area contributed by atoms with Crippen molar-refractivity contribution in [1.82, 2.24) is 4.31 Å². The van der Waals surface area contributed by atoms with Gasteiger partial charge in [0.1, 0.15) is 0 Å². The number of Topliss-reactive ketones (excluding diaryl/α,β-unsaturated/α-hetero) is 1. The summed E-state index contributed by atoms with van der Waals surface area (Å²) in [5.41, 5.74) is 1.16. The molecule has 0 aromatic heterocycles. The molecule has 0 radical (unpaired) electrons. The monoisotopic (exact) mass is 485 g/mol. The maximum atomic E-state index is 14.2. The predicted molar refractivity (Wildman–Crippen MR) is 123 cm³/mol. The van der Waals surface area contributed by atoms with Crippen molar-refractivity contribution in [3.8, 4) is 0 Å². The van der Waals surface area contributed by atoms with Crippen molar-refractivity contribution >= 4 is 21.5 Å². The van der Waals surface area contributed by atoms with Crippen LogP contribution >= 0.6 is 0 Å². The van der Waals surface area contributed by atoms with Crippen LogP contribution in [0.4, 0.5) is 13.2 Å². The number of ketones is 1. The lowest BCUT2D eigenvalue weighted by atomic mass is 9.81. The van der Waals surface area contributed by atoms with Crippen molar-refractivity contribution in [2.24, 2.45) is 11.8 Å². The average Bonchev–Trinajstić information content (AvgIpc) is 2.83. The van der Waals surface area contributed by atoms with Crippen molar-refractivity contribution in [3.05, 3.63) is 108 Å². The molecule has 0 fully saturated rings. The molecule has 0 saturated carbocycles. The van der Waals surface area contributed by atoms with E-state index in [-0.39, 0.29) is 16.2 Å². The van der Waals surface area contributed by atoms with E-state index in [1.165, 1.54) is 24.3 Å². The number of aryl methyl sites for hydroxylation is 1. The Kier molecular flexibility index (Phi) is 6.36. The summed E-state index contributed by atoms with van der Waals surface area (Å²) in [5.74, 6) is -4.52. The van der Waals surface area contributed by atoms with Gasteiger partial charge < -0.3 is 0 Å². The molecule has 3 aromatic rings. The number of benzene rings is 3. The number of carbonyl (C=O) groups excluding carboxylic acids is 1. The molecule has 1 aliphatic heterocycles. The molecular weight excluding hydrogens is 463 g/mol. The van der Waals surface area contributed by atoms with E-state index in [0.717, 1.165) is 15.9 Å². The van der Waals surface area contributed by atoms with Gasteiger partial charge in [-0.15, -0.1) is 0 Å². The van der Waals surface area contributed by atoms with E-state index in [9.17, 15) is 26.4 Å². The van der Waals surface area contributed by atoms with Crippen LogP contribution in [0.15, 0.2) is 95.9 Å². The molecule has 3 aromatic carbocycles. The first-order valence-electron chi connectivity index (χ1n) is 10.6. The van der Waals surface area contributed by atoms with Crippen LogP contribution in [-0.4, -0.2) is 31.2 Å². The molecule has 0 amide bonds. The molecule has 34 heavy (non-hydrogen) atoms. The summed E-state index contributed by atoms with van der Waals surface area (Å²) < 4.78 is 70.8. The molecular formula is C26H22F3NO3S. The summed E-state index contributed by atoms with van der Waals surface area (Å²) in [6.45, 7) is 1.17. The van der Waals surface area contributed by atoms with E-state index in [1.54, 1.807) is 67.6 Å². The van der Waals surface area contributed by atoms with Gasteiger partial charge in [0.2, 0.25) is 0 Å². The third-order valence-electron chi connectivity index (χ3n) is 5.85. The lowest BCUT2D eigenvalue weighted by Gasteiger charge is -2.38. The summed E-state index contributed by atoms with van der Waals surface area (Å²) in [6.07, 6.45) is -3.87. The van der Waals surface area contributed by atoms with Crippen LogP contribution in [-0.2, 0) is 10.0 Å². The molecule has 0 aliphatic carbocycles. The van der Waals surface area contributed by atoms with Crippen molar-refractivity contribution < 1.29 is 26.4 Å². The third kappa shape index (κ3) is 4.63. The zero-order valence-corrected chi connectivity index (χ0v) is 19.1. The SMILES string of the molecule is Cc1ccc(S(=O)(=O)N2C[C@H](C(=O)c3ccccc3)[C@@H](C(F)(F)F)C=C2c2ccccc2)cc1. The third-order valence-corrected chi connectivity index (χ3v) is 7.65. The molecule has 0 spiro atoms. The molecule has 0 N–H and O–H groups in total. The molecule has 4 rings (SSSR count). The molecule has 1 heterocycles. The summed E-state index contributed by atoms with van der Waals surface area (Å²) in [6, 6.07) is 21.7. The minimum absolute atomic E-state index is 0.0590. The average molecular weight is 486 g/mol. The zero-order valence-electron chi connectivity index (χ0n) is 18.2. The van der Waals surface area contributed by atoms with E-state index in [2.05, 4.69) is 0 Å². The second-order valence-electron chi connectivity index (χ2n) is 8.17. The fourth-order valence-corrected chi connectivity index (χ4v) is 5.58. The maximum Gasteiger partial charge on any atom is 0.396 e. The van der Waals surface area contributed by atoms with Gasteiger partial charge in [0.15, 0.2) is 5.78 Å². The first kappa shape index (κ1) is 23.8. The number of nitrogens with zero attached hydrogens (tertiary/aromatic N) is 1. The van der Waals surface area contributed by atoms with Crippen LogP contribution < -0.4 is 0 Å². The number of allylic oxidation sites excluding steroid dienone is 1. The van der Waals surface area contributed by atoms with Gasteiger partial charge in [-0.2, -0.15) is 13.2 Å². The predicted octanol–water partition coefficient (Wildman–Crippen LogP) is 5.72. The normalized spacial score (nSPS) is 18.9. The molecule has 0 unspecified atom stereocenters. The largest absolute Gasteiger partial charge is 0.396 e. The Labute approximate surface area is 196 Å². The lowest BCUT2D eigenvalue weighted by Crippen LogP contribution is -2.47. The number of hydrogen-bond donors (Lipinski definition) is 0. The minimum Gasteiger partial charge on any atom is -0.294 e. The van der Waals surface area contributed by atoms with Crippen LogP contribution in [0.25, 0.3) is 5.70 Å². The summed E-state index contributed by atoms with van der Waals surface area (Å²) in [7, 11) is -4.25. The summed E-state index contributed by atoms with van der Waals surface area (Å²) in [4.78, 5) is 13.1. The highest BCUT2D eigenvalue weighted by atomic mass is 32.2. The number of rotatable bonds is 5. The lowest BCUT2D eigenvalue weighted by molar-refractivity contribution is -0.171. The highest BCUT2D eigenvalue weighted by Crippen LogP contribution is 2.43. The second-order valence-corrected chi connectivity index (χ2v) is 10.0. The first-order chi connectivity index (χ1) is 16.1. The smallest absolute Gasteiger partial charge is 0.294 e. The standard InChI is InChI=1S/C26H22F3NO3S/c1-18-12-14-21(15-13-18)34(32,33)30-17-22(25(31)20-10-6-3-7-11-20)23(26(27,28)29)16-24(30)19-8-4-2-5-9-19/h2-16,22-23H,17H2,1H3/t22-,23-/m0/s1. The van der Waals surface area contributed by atoms with Crippen LogP contribution in [0.5, 0.6) is 0 Å². The quantitative estimate of drug-likeness (QED) is 0.435. The van der Waals surface area contributed by atoms with Crippen molar-refractivity contribution in [3.63, 3.8) is 0 Å². The van der Waals surface area contributed by atoms with Gasteiger partial charge in [-0.05, 0) is 30.7 Å². The number of sulfonamides is 1. The van der Waals surface area contributed by atoms with Gasteiger partial charge in [0, 0.05) is 12.1 Å². The fraction of sp³-hybridized carbons (Fsp3) is 0.192. The molecule has 8 heteroatoms. The van der Waals surface area contributed by atoms with Gasteiger partial charge >= 0.3 is 6.18 Å². The Morgan fingerprint density at radius 2 is 1.44 bits per heavy atom. The van der Waals surface area contributed by atoms with Crippen molar-refractivity contribution in [2.75, 3.05) is 6.54 Å². The Balaban J connectivity index is 1.89. The molecule has 0 saturated heterocycles. The van der Waals surface area contributed by atoms with Gasteiger partial charge in [0.25, 0.3) is 10.0 Å². The van der Waals surface area contributed by atoms with E-state index in [4.69, 9.17) is 0 Å². The topological polar surface area (TPSA) is 54.5 Å². The van der Waals surface area contributed by atoms with E-state index in [1.807, 2.05) is 0 Å². The Hall–Kier alpha value is -3.39. The van der Waals surface area contributed by atoms with E-state index < -0.39 is 40.4 Å². The minimum atomic E-state index is -4.74. The van der Waals surface area contributed by atoms with Crippen LogP contribution in [0, 0.1) is 18.8 Å². The van der Waals surface area contributed by atoms with Crippen LogP contribution in [0.1, 0.15) is 21.5 Å². The molecule has 0 bridgehead atoms. The Morgan fingerprint density at radius 1 is 0.882 bits per heavy atom. The van der Waals surface area contributed by atoms with E-state index >= 15 is 0 Å². The summed E-state index contributed by atoms with van der Waals surface area (Å²) >= 11 is 0. The van der Waals surface area contributed by atoms with Gasteiger partial charge in [-0.25, -0.2) is 8.42 Å². The van der Waals surface area contributed by atoms with Crippen LogP contribution in [0.3, 0.4) is 0 Å². The number of alkyl halides is 3. The number of halogens is 3. The van der Waals surface area contributed by atoms with Crippen LogP contribution in [0.2, 0.25) is 0 Å². The maximum absolute atomic E-state index is 14.2. The zero-order chi connectivity index (χ0) is 24.5. The van der Waals surface area contributed by atoms with Gasteiger partial charge in [0.05, 0.1) is 22.4 Å².